The fraction of sp³-hybridized carbons (Fsp3) is 1.00. The number of nitrogens with two attached hydrogens (primary N) is 1. The van der Waals surface area contributed by atoms with E-state index in [4.69, 9.17) is 15.6 Å². The van der Waals surface area contributed by atoms with Gasteiger partial charge in [0.05, 0.1) is 12.6 Å². The van der Waals surface area contributed by atoms with Gasteiger partial charge in [-0.25, -0.2) is 0 Å². The van der Waals surface area contributed by atoms with Crippen LogP contribution in [0.5, 0.6) is 0 Å². The van der Waals surface area contributed by atoms with Gasteiger partial charge in [-0.15, -0.1) is 0 Å². The molecule has 6 N–H and O–H groups in total. The summed E-state index contributed by atoms with van der Waals surface area (Å²) in [5.41, 5.74) is 5.62. The lowest BCUT2D eigenvalue weighted by Crippen LogP contribution is -2.65. The SMILES string of the molecule is CCN[C@@H]1[C@@H](O)[C@H](O)[C@@H](CO)O[C@H]1N. The summed E-state index contributed by atoms with van der Waals surface area (Å²) in [4.78, 5) is 0. The Kier molecular flexibility index (Phi) is 4.24. The van der Waals surface area contributed by atoms with Crippen LogP contribution in [0.15, 0.2) is 0 Å². The lowest BCUT2D eigenvalue weighted by molar-refractivity contribution is -0.192. The second-order valence-electron chi connectivity index (χ2n) is 3.39. The molecule has 1 saturated heterocycles. The van der Waals surface area contributed by atoms with Gasteiger partial charge in [-0.2, -0.15) is 0 Å². The molecular weight excluding hydrogens is 188 g/mol. The van der Waals surface area contributed by atoms with Crippen molar-refractivity contribution >= 4 is 0 Å². The molecule has 14 heavy (non-hydrogen) atoms. The van der Waals surface area contributed by atoms with Gasteiger partial charge in [-0.05, 0) is 6.54 Å². The number of aliphatic hydroxyl groups is 3. The van der Waals surface area contributed by atoms with Crippen LogP contribution < -0.4 is 11.1 Å². The predicted octanol–water partition coefficient (Wildman–Crippen LogP) is -2.64. The molecule has 0 aromatic heterocycles. The minimum atomic E-state index is -1.11. The van der Waals surface area contributed by atoms with Gasteiger partial charge in [0.2, 0.25) is 0 Å². The first-order valence-electron chi connectivity index (χ1n) is 4.73. The third kappa shape index (κ3) is 2.22. The van der Waals surface area contributed by atoms with Gasteiger partial charge in [-0.1, -0.05) is 6.92 Å². The van der Waals surface area contributed by atoms with Crippen LogP contribution in [0, 0.1) is 0 Å². The number of likely N-dealkylation sites (N-methyl/N-ethyl adjacent to an activating group) is 1. The number of hydrogen-bond donors (Lipinski definition) is 5. The molecule has 0 amide bonds. The van der Waals surface area contributed by atoms with E-state index < -0.39 is 30.6 Å². The zero-order valence-electron chi connectivity index (χ0n) is 8.13. The summed E-state index contributed by atoms with van der Waals surface area (Å²) in [6.45, 7) is 2.13. The van der Waals surface area contributed by atoms with E-state index in [1.807, 2.05) is 6.92 Å². The maximum Gasteiger partial charge on any atom is 0.124 e. The van der Waals surface area contributed by atoms with Crippen LogP contribution in [-0.2, 0) is 4.74 Å². The van der Waals surface area contributed by atoms with Crippen LogP contribution in [0.3, 0.4) is 0 Å². The Balaban J connectivity index is 2.63. The minimum absolute atomic E-state index is 0.356. The quantitative estimate of drug-likeness (QED) is 0.345. The number of hydrogen-bond acceptors (Lipinski definition) is 6. The maximum absolute atomic E-state index is 9.66. The van der Waals surface area contributed by atoms with Gasteiger partial charge in [0.1, 0.15) is 24.5 Å². The highest BCUT2D eigenvalue weighted by Gasteiger charge is 2.42. The molecular formula is C8H18N2O4. The summed E-state index contributed by atoms with van der Waals surface area (Å²) in [5.74, 6) is 0. The summed E-state index contributed by atoms with van der Waals surface area (Å²) in [7, 11) is 0. The van der Waals surface area contributed by atoms with Crippen molar-refractivity contribution in [1.82, 2.24) is 5.32 Å². The van der Waals surface area contributed by atoms with Gasteiger partial charge in [0.25, 0.3) is 0 Å². The second-order valence-corrected chi connectivity index (χ2v) is 3.39. The molecule has 0 aromatic carbocycles. The summed E-state index contributed by atoms with van der Waals surface area (Å²) in [5, 5.41) is 30.9. The Hall–Kier alpha value is -0.240. The normalized spacial score (nSPS) is 43.9. The van der Waals surface area contributed by atoms with Crippen molar-refractivity contribution in [2.24, 2.45) is 5.73 Å². The molecule has 0 aromatic rings. The molecule has 6 nitrogen and oxygen atoms in total. The Labute approximate surface area is 82.7 Å². The predicted molar refractivity (Wildman–Crippen MR) is 49.4 cm³/mol. The van der Waals surface area contributed by atoms with Crippen LogP contribution in [0.4, 0.5) is 0 Å². The smallest absolute Gasteiger partial charge is 0.124 e. The van der Waals surface area contributed by atoms with Gasteiger partial charge in [-0.3, -0.25) is 0 Å². The second kappa shape index (κ2) is 5.01. The molecule has 0 radical (unpaired) electrons. The van der Waals surface area contributed by atoms with Gasteiger partial charge in [0.15, 0.2) is 0 Å². The van der Waals surface area contributed by atoms with Gasteiger partial charge in [0, 0.05) is 0 Å². The monoisotopic (exact) mass is 206 g/mol. The first-order chi connectivity index (χ1) is 6.61. The van der Waals surface area contributed by atoms with E-state index >= 15 is 0 Å². The average molecular weight is 206 g/mol. The van der Waals surface area contributed by atoms with Gasteiger partial charge < -0.3 is 31.1 Å². The molecule has 0 aliphatic carbocycles. The van der Waals surface area contributed by atoms with E-state index in [9.17, 15) is 10.2 Å². The standard InChI is InChI=1S/C8H18N2O4/c1-2-10-5-7(13)6(12)4(3-11)14-8(5)9/h4-8,10-13H,2-3,9H2,1H3/t4-,5-,6-,7-,8-/m1/s1. The molecule has 1 aliphatic heterocycles. The summed E-state index contributed by atoms with van der Waals surface area (Å²) in [6, 6.07) is -0.502. The highest BCUT2D eigenvalue weighted by molar-refractivity contribution is 4.93. The number of rotatable bonds is 3. The van der Waals surface area contributed by atoms with Crippen molar-refractivity contribution in [2.75, 3.05) is 13.2 Å². The van der Waals surface area contributed by atoms with E-state index in [1.54, 1.807) is 0 Å². The first-order valence-corrected chi connectivity index (χ1v) is 4.73. The van der Waals surface area contributed by atoms with Crippen LogP contribution in [0.2, 0.25) is 0 Å². The van der Waals surface area contributed by atoms with Crippen molar-refractivity contribution in [3.05, 3.63) is 0 Å². The molecule has 1 rings (SSSR count). The highest BCUT2D eigenvalue weighted by atomic mass is 16.5. The first kappa shape index (κ1) is 11.8. The Morgan fingerprint density at radius 2 is 2.00 bits per heavy atom. The summed E-state index contributed by atoms with van der Waals surface area (Å²) < 4.78 is 5.14. The lowest BCUT2D eigenvalue weighted by Gasteiger charge is -2.41. The van der Waals surface area contributed by atoms with Crippen LogP contribution in [-0.4, -0.2) is 59.1 Å². The lowest BCUT2D eigenvalue weighted by atomic mass is 9.96. The molecule has 5 atom stereocenters. The third-order valence-corrected chi connectivity index (χ3v) is 2.40. The molecule has 0 bridgehead atoms. The zero-order valence-corrected chi connectivity index (χ0v) is 8.13. The summed E-state index contributed by atoms with van der Waals surface area (Å²) in [6.07, 6.45) is -3.65. The van der Waals surface area contributed by atoms with E-state index in [0.29, 0.717) is 6.54 Å². The summed E-state index contributed by atoms with van der Waals surface area (Å²) >= 11 is 0. The van der Waals surface area contributed by atoms with Crippen LogP contribution in [0.25, 0.3) is 0 Å². The van der Waals surface area contributed by atoms with Crippen molar-refractivity contribution < 1.29 is 20.1 Å². The fourth-order valence-corrected chi connectivity index (χ4v) is 1.62. The molecule has 0 spiro atoms. The molecule has 1 heterocycles. The van der Waals surface area contributed by atoms with Crippen molar-refractivity contribution in [1.29, 1.82) is 0 Å². The molecule has 0 unspecified atom stereocenters. The molecule has 1 aliphatic rings. The van der Waals surface area contributed by atoms with Crippen molar-refractivity contribution in [2.45, 2.75) is 37.5 Å². The third-order valence-electron chi connectivity index (χ3n) is 2.40. The molecule has 1 fully saturated rings. The maximum atomic E-state index is 9.66. The minimum Gasteiger partial charge on any atom is -0.394 e. The van der Waals surface area contributed by atoms with E-state index in [2.05, 4.69) is 5.32 Å². The van der Waals surface area contributed by atoms with E-state index in [-0.39, 0.29) is 6.61 Å². The van der Waals surface area contributed by atoms with Gasteiger partial charge >= 0.3 is 0 Å². The fourth-order valence-electron chi connectivity index (χ4n) is 1.62. The van der Waals surface area contributed by atoms with Crippen LogP contribution >= 0.6 is 0 Å². The molecule has 6 heteroatoms. The largest absolute Gasteiger partial charge is 0.394 e. The van der Waals surface area contributed by atoms with Crippen molar-refractivity contribution in [3.63, 3.8) is 0 Å². The zero-order chi connectivity index (χ0) is 10.7. The number of nitrogens with one attached hydrogen (secondary N) is 1. The molecule has 0 saturated carbocycles. The van der Waals surface area contributed by atoms with Crippen LogP contribution in [0.1, 0.15) is 6.92 Å². The number of aliphatic hydroxyl groups excluding tert-OH is 3. The highest BCUT2D eigenvalue weighted by Crippen LogP contribution is 2.18. The molecule has 84 valence electrons. The van der Waals surface area contributed by atoms with E-state index in [1.165, 1.54) is 0 Å². The topological polar surface area (TPSA) is 108 Å². The average Bonchev–Trinajstić information content (AvgIpc) is 2.18. The Morgan fingerprint density at radius 3 is 2.50 bits per heavy atom. The van der Waals surface area contributed by atoms with Crippen molar-refractivity contribution in [3.8, 4) is 0 Å². The Bertz CT molecular complexity index is 181. The van der Waals surface area contributed by atoms with E-state index in [0.717, 1.165) is 0 Å². The Morgan fingerprint density at radius 1 is 1.36 bits per heavy atom. The number of ether oxygens (including phenoxy) is 1.